The summed E-state index contributed by atoms with van der Waals surface area (Å²) in [4.78, 5) is 3.99. The molecule has 2 rings (SSSR count). The molecule has 0 atom stereocenters. The number of hydrogen-bond donors (Lipinski definition) is 1. The van der Waals surface area contributed by atoms with Gasteiger partial charge in [-0.3, -0.25) is 0 Å². The first-order valence-corrected chi connectivity index (χ1v) is 5.16. The van der Waals surface area contributed by atoms with Gasteiger partial charge in [-0.2, -0.15) is 13.2 Å². The molecular formula is C11H9BF3NO2. The van der Waals surface area contributed by atoms with E-state index in [1.807, 2.05) is 0 Å². The van der Waals surface area contributed by atoms with Crippen LogP contribution in [0.4, 0.5) is 13.2 Å². The highest BCUT2D eigenvalue weighted by Crippen LogP contribution is 2.30. The number of aliphatic hydroxyl groups excluding tert-OH is 1. The van der Waals surface area contributed by atoms with Gasteiger partial charge >= 0.3 is 6.18 Å². The number of benzene rings is 1. The summed E-state index contributed by atoms with van der Waals surface area (Å²) in [6.07, 6.45) is -4.35. The normalized spacial score (nSPS) is 11.8. The maximum atomic E-state index is 12.4. The number of oxazole rings is 1. The molecule has 0 spiro atoms. The summed E-state index contributed by atoms with van der Waals surface area (Å²) in [6, 6.07) is 4.63. The van der Waals surface area contributed by atoms with E-state index < -0.39 is 11.7 Å². The van der Waals surface area contributed by atoms with Gasteiger partial charge in [0.15, 0.2) is 7.85 Å². The van der Waals surface area contributed by atoms with Gasteiger partial charge in [0.1, 0.15) is 12.3 Å². The smallest absolute Gasteiger partial charge is 0.416 e. The Kier molecular flexibility index (Phi) is 3.17. The standard InChI is InChI=1S/C11H9BF3NO2/c12-10-9(16-8(5-17)18-10)6-1-3-7(4-2-6)11(13,14)15/h1-4,17H,5,12H2. The van der Waals surface area contributed by atoms with Gasteiger partial charge in [-0.15, -0.1) is 0 Å². The molecule has 0 saturated carbocycles. The van der Waals surface area contributed by atoms with Crippen LogP contribution in [-0.4, -0.2) is 17.9 Å². The van der Waals surface area contributed by atoms with Crippen molar-refractivity contribution >= 4 is 13.5 Å². The van der Waals surface area contributed by atoms with E-state index in [4.69, 9.17) is 9.52 Å². The lowest BCUT2D eigenvalue weighted by molar-refractivity contribution is -0.137. The van der Waals surface area contributed by atoms with Crippen LogP contribution in [-0.2, 0) is 12.8 Å². The molecule has 94 valence electrons. The molecule has 0 radical (unpaired) electrons. The van der Waals surface area contributed by atoms with Crippen LogP contribution in [0, 0.1) is 0 Å². The monoisotopic (exact) mass is 255 g/mol. The maximum absolute atomic E-state index is 12.4. The fourth-order valence-corrected chi connectivity index (χ4v) is 1.60. The van der Waals surface area contributed by atoms with Gasteiger partial charge in [-0.05, 0) is 12.1 Å². The molecule has 18 heavy (non-hydrogen) atoms. The van der Waals surface area contributed by atoms with Crippen molar-refractivity contribution in [2.45, 2.75) is 12.8 Å². The van der Waals surface area contributed by atoms with Crippen LogP contribution in [0.2, 0.25) is 0 Å². The van der Waals surface area contributed by atoms with E-state index in [-0.39, 0.29) is 12.5 Å². The summed E-state index contributed by atoms with van der Waals surface area (Å²) in [5.41, 5.74) is 0.699. The molecule has 0 aliphatic carbocycles. The van der Waals surface area contributed by atoms with E-state index in [1.165, 1.54) is 12.1 Å². The molecule has 7 heteroatoms. The third-order valence-corrected chi connectivity index (χ3v) is 2.46. The van der Waals surface area contributed by atoms with Gasteiger partial charge in [0.2, 0.25) is 5.89 Å². The highest BCUT2D eigenvalue weighted by Gasteiger charge is 2.30. The van der Waals surface area contributed by atoms with E-state index in [1.54, 1.807) is 7.85 Å². The molecule has 0 amide bonds. The Balaban J connectivity index is 2.37. The zero-order chi connectivity index (χ0) is 13.3. The SMILES string of the molecule is Bc1oc(CO)nc1-c1ccc(C(F)(F)F)cc1. The van der Waals surface area contributed by atoms with E-state index in [0.29, 0.717) is 16.9 Å². The highest BCUT2D eigenvalue weighted by molar-refractivity contribution is 6.33. The molecule has 1 N–H and O–H groups in total. The topological polar surface area (TPSA) is 46.3 Å². The Labute approximate surface area is 102 Å². The van der Waals surface area contributed by atoms with Crippen LogP contribution in [0.5, 0.6) is 0 Å². The van der Waals surface area contributed by atoms with Crippen molar-refractivity contribution < 1.29 is 22.7 Å². The minimum absolute atomic E-state index is 0.141. The van der Waals surface area contributed by atoms with Gasteiger partial charge in [0, 0.05) is 5.56 Å². The second-order valence-corrected chi connectivity index (χ2v) is 3.75. The van der Waals surface area contributed by atoms with Crippen molar-refractivity contribution in [3.8, 4) is 11.3 Å². The molecule has 3 nitrogen and oxygen atoms in total. The molecular weight excluding hydrogens is 246 g/mol. The van der Waals surface area contributed by atoms with E-state index in [2.05, 4.69) is 4.98 Å². The Morgan fingerprint density at radius 1 is 1.22 bits per heavy atom. The van der Waals surface area contributed by atoms with Crippen molar-refractivity contribution in [3.63, 3.8) is 0 Å². The minimum Gasteiger partial charge on any atom is -0.454 e. The number of rotatable bonds is 2. The molecule has 0 bridgehead atoms. The average Bonchev–Trinajstić information content (AvgIpc) is 2.70. The molecule has 0 fully saturated rings. The second-order valence-electron chi connectivity index (χ2n) is 3.75. The van der Waals surface area contributed by atoms with Crippen molar-refractivity contribution in [2.24, 2.45) is 0 Å². The molecule has 1 aromatic heterocycles. The number of halogens is 3. The molecule has 1 heterocycles. The Morgan fingerprint density at radius 2 is 1.83 bits per heavy atom. The number of aliphatic hydroxyl groups is 1. The van der Waals surface area contributed by atoms with Crippen molar-refractivity contribution in [1.29, 1.82) is 0 Å². The van der Waals surface area contributed by atoms with Crippen LogP contribution < -0.4 is 5.66 Å². The van der Waals surface area contributed by atoms with Crippen molar-refractivity contribution in [3.05, 3.63) is 35.7 Å². The average molecular weight is 255 g/mol. The molecule has 1 aromatic carbocycles. The minimum atomic E-state index is -4.35. The number of hydrogen-bond acceptors (Lipinski definition) is 3. The molecule has 0 aliphatic rings. The first-order valence-electron chi connectivity index (χ1n) is 5.16. The Bertz CT molecular complexity index is 548. The van der Waals surface area contributed by atoms with E-state index in [0.717, 1.165) is 12.1 Å². The summed E-state index contributed by atoms with van der Waals surface area (Å²) in [5, 5.41) is 8.87. The zero-order valence-electron chi connectivity index (χ0n) is 9.45. The summed E-state index contributed by atoms with van der Waals surface area (Å²) >= 11 is 0. The maximum Gasteiger partial charge on any atom is 0.416 e. The fourth-order valence-electron chi connectivity index (χ4n) is 1.60. The highest BCUT2D eigenvalue weighted by atomic mass is 19.4. The summed E-state index contributed by atoms with van der Waals surface area (Å²) in [5.74, 6) is 0.141. The Morgan fingerprint density at radius 3 is 2.28 bits per heavy atom. The van der Waals surface area contributed by atoms with Gasteiger partial charge in [-0.1, -0.05) is 12.1 Å². The largest absolute Gasteiger partial charge is 0.454 e. The van der Waals surface area contributed by atoms with Crippen molar-refractivity contribution in [1.82, 2.24) is 4.98 Å². The Hall–Kier alpha value is -1.76. The van der Waals surface area contributed by atoms with Gasteiger partial charge < -0.3 is 9.52 Å². The number of alkyl halides is 3. The summed E-state index contributed by atoms with van der Waals surface area (Å²) in [7, 11) is 1.64. The predicted octanol–water partition coefficient (Wildman–Crippen LogP) is 1.11. The third kappa shape index (κ3) is 2.40. The van der Waals surface area contributed by atoms with E-state index in [9.17, 15) is 13.2 Å². The van der Waals surface area contributed by atoms with Crippen LogP contribution in [0.3, 0.4) is 0 Å². The molecule has 0 aliphatic heterocycles. The first kappa shape index (κ1) is 12.7. The van der Waals surface area contributed by atoms with E-state index >= 15 is 0 Å². The third-order valence-electron chi connectivity index (χ3n) is 2.46. The van der Waals surface area contributed by atoms with Gasteiger partial charge in [0.25, 0.3) is 0 Å². The molecule has 2 aromatic rings. The van der Waals surface area contributed by atoms with Crippen LogP contribution >= 0.6 is 0 Å². The fraction of sp³-hybridized carbons (Fsp3) is 0.182. The number of aromatic nitrogens is 1. The second kappa shape index (κ2) is 4.49. The molecule has 0 unspecified atom stereocenters. The number of nitrogens with zero attached hydrogens (tertiary/aromatic N) is 1. The van der Waals surface area contributed by atoms with Crippen LogP contribution in [0.15, 0.2) is 28.7 Å². The molecule has 0 saturated heterocycles. The zero-order valence-corrected chi connectivity index (χ0v) is 9.45. The first-order chi connectivity index (χ1) is 8.41. The van der Waals surface area contributed by atoms with Crippen molar-refractivity contribution in [2.75, 3.05) is 0 Å². The van der Waals surface area contributed by atoms with Gasteiger partial charge in [0.05, 0.1) is 11.2 Å². The quantitative estimate of drug-likeness (QED) is 0.817. The predicted molar refractivity (Wildman–Crippen MR) is 61.0 cm³/mol. The lowest BCUT2D eigenvalue weighted by Gasteiger charge is -2.06. The summed E-state index contributed by atoms with van der Waals surface area (Å²) in [6.45, 7) is -0.346. The lowest BCUT2D eigenvalue weighted by atomic mass is 9.99. The van der Waals surface area contributed by atoms with Crippen LogP contribution in [0.25, 0.3) is 11.3 Å². The lowest BCUT2D eigenvalue weighted by Crippen LogP contribution is -2.05. The van der Waals surface area contributed by atoms with Gasteiger partial charge in [-0.25, -0.2) is 4.98 Å². The van der Waals surface area contributed by atoms with Crippen LogP contribution in [0.1, 0.15) is 11.5 Å². The summed E-state index contributed by atoms with van der Waals surface area (Å²) < 4.78 is 42.3.